The van der Waals surface area contributed by atoms with Gasteiger partial charge < -0.3 is 4.90 Å². The molecule has 0 N–H and O–H groups in total. The number of hydrogen-bond acceptors (Lipinski definition) is 6. The number of aryl methyl sites for hydroxylation is 1. The molecule has 2 heterocycles. The molecule has 2 aromatic carbocycles. The van der Waals surface area contributed by atoms with E-state index in [9.17, 15) is 23.3 Å². The molecule has 32 heavy (non-hydrogen) atoms. The highest BCUT2D eigenvalue weighted by Crippen LogP contribution is 2.30. The Kier molecular flexibility index (Phi) is 6.09. The van der Waals surface area contributed by atoms with Crippen molar-refractivity contribution < 1.29 is 18.1 Å². The number of amides is 1. The summed E-state index contributed by atoms with van der Waals surface area (Å²) in [5.74, 6) is -0.122. The largest absolute Gasteiger partial charge is 0.335 e. The molecule has 4 rings (SSSR count). The van der Waals surface area contributed by atoms with Crippen LogP contribution in [0.5, 0.6) is 0 Å². The number of carbonyl (C=O) groups excluding carboxylic acids is 1. The van der Waals surface area contributed by atoms with E-state index in [0.717, 1.165) is 22.8 Å². The molecule has 1 aliphatic rings. The van der Waals surface area contributed by atoms with Crippen LogP contribution in [0.3, 0.4) is 0 Å². The summed E-state index contributed by atoms with van der Waals surface area (Å²) in [6.07, 6.45) is 0. The molecule has 0 bridgehead atoms. The molecule has 0 aliphatic carbocycles. The van der Waals surface area contributed by atoms with Crippen LogP contribution in [-0.4, -0.2) is 54.6 Å². The monoisotopic (exact) mass is 471 g/mol. The Morgan fingerprint density at radius 2 is 1.72 bits per heavy atom. The molecule has 3 aromatic rings. The van der Waals surface area contributed by atoms with Gasteiger partial charge in [0.25, 0.3) is 11.6 Å². The predicted molar refractivity (Wildman–Crippen MR) is 122 cm³/mol. The maximum atomic E-state index is 13.2. The van der Waals surface area contributed by atoms with Crippen molar-refractivity contribution in [3.05, 3.63) is 80.5 Å². The van der Waals surface area contributed by atoms with Gasteiger partial charge in [-0.15, -0.1) is 11.3 Å². The van der Waals surface area contributed by atoms with E-state index < -0.39 is 14.9 Å². The molecule has 0 spiro atoms. The third kappa shape index (κ3) is 4.29. The van der Waals surface area contributed by atoms with Crippen molar-refractivity contribution in [3.63, 3.8) is 0 Å². The van der Waals surface area contributed by atoms with Crippen LogP contribution in [0, 0.1) is 17.0 Å². The Morgan fingerprint density at radius 1 is 1.03 bits per heavy atom. The van der Waals surface area contributed by atoms with Crippen molar-refractivity contribution in [1.29, 1.82) is 0 Å². The lowest BCUT2D eigenvalue weighted by Gasteiger charge is -2.34. The van der Waals surface area contributed by atoms with E-state index in [2.05, 4.69) is 0 Å². The van der Waals surface area contributed by atoms with Gasteiger partial charge in [-0.2, -0.15) is 4.31 Å². The summed E-state index contributed by atoms with van der Waals surface area (Å²) in [5, 5.41) is 12.9. The minimum absolute atomic E-state index is 0.119. The number of nitro benzene ring substituents is 1. The summed E-state index contributed by atoms with van der Waals surface area (Å²) >= 11 is 1.37. The zero-order chi connectivity index (χ0) is 22.9. The van der Waals surface area contributed by atoms with Gasteiger partial charge in [0.1, 0.15) is 0 Å². The second-order valence-corrected chi connectivity index (χ2v) is 10.3. The topological polar surface area (TPSA) is 101 Å². The lowest BCUT2D eigenvalue weighted by Crippen LogP contribution is -2.50. The summed E-state index contributed by atoms with van der Waals surface area (Å²) < 4.78 is 27.1. The predicted octanol–water partition coefficient (Wildman–Crippen LogP) is 3.78. The van der Waals surface area contributed by atoms with Crippen LogP contribution in [0.25, 0.3) is 11.1 Å². The van der Waals surface area contributed by atoms with E-state index in [1.165, 1.54) is 33.8 Å². The molecule has 1 aliphatic heterocycles. The minimum Gasteiger partial charge on any atom is -0.335 e. The normalized spacial score (nSPS) is 15.0. The number of hydrogen-bond donors (Lipinski definition) is 0. The van der Waals surface area contributed by atoms with Crippen LogP contribution in [0.4, 0.5) is 5.69 Å². The van der Waals surface area contributed by atoms with Crippen LogP contribution in [0.2, 0.25) is 0 Å². The van der Waals surface area contributed by atoms with Gasteiger partial charge in [0.15, 0.2) is 0 Å². The molecule has 0 saturated carbocycles. The van der Waals surface area contributed by atoms with E-state index in [4.69, 9.17) is 0 Å². The van der Waals surface area contributed by atoms with Gasteiger partial charge in [0, 0.05) is 43.9 Å². The SMILES string of the molecule is Cc1ccc(-c2ccsc2C(=O)N2CCN(S(=O)(=O)c3cccc([N+](=O)[O-])c3)CC2)cc1. The molecule has 0 unspecified atom stereocenters. The van der Waals surface area contributed by atoms with Crippen LogP contribution >= 0.6 is 11.3 Å². The Hall–Kier alpha value is -3.08. The van der Waals surface area contributed by atoms with Crippen LogP contribution < -0.4 is 0 Å². The summed E-state index contributed by atoms with van der Waals surface area (Å²) in [7, 11) is -3.88. The highest BCUT2D eigenvalue weighted by Gasteiger charge is 2.32. The third-order valence-corrected chi connectivity index (χ3v) is 8.21. The first kappa shape index (κ1) is 22.1. The lowest BCUT2D eigenvalue weighted by atomic mass is 10.0. The Labute approximate surface area is 189 Å². The van der Waals surface area contributed by atoms with Gasteiger partial charge in [-0.05, 0) is 30.0 Å². The second kappa shape index (κ2) is 8.81. The van der Waals surface area contributed by atoms with Crippen molar-refractivity contribution >= 4 is 33.0 Å². The molecule has 1 saturated heterocycles. The first-order valence-corrected chi connectivity index (χ1v) is 12.3. The highest BCUT2D eigenvalue weighted by molar-refractivity contribution is 7.89. The fraction of sp³-hybridized carbons (Fsp3) is 0.227. The van der Waals surface area contributed by atoms with Crippen LogP contribution in [0.1, 0.15) is 15.2 Å². The van der Waals surface area contributed by atoms with Crippen molar-refractivity contribution in [2.45, 2.75) is 11.8 Å². The molecule has 1 fully saturated rings. The summed E-state index contributed by atoms with van der Waals surface area (Å²) in [5.41, 5.74) is 2.69. The van der Waals surface area contributed by atoms with Crippen molar-refractivity contribution in [2.24, 2.45) is 0 Å². The van der Waals surface area contributed by atoms with Gasteiger partial charge in [0.2, 0.25) is 10.0 Å². The van der Waals surface area contributed by atoms with E-state index in [0.29, 0.717) is 4.88 Å². The Bertz CT molecular complexity index is 1260. The minimum atomic E-state index is -3.88. The number of nitrogens with zero attached hydrogens (tertiary/aromatic N) is 3. The van der Waals surface area contributed by atoms with Crippen molar-refractivity contribution in [2.75, 3.05) is 26.2 Å². The second-order valence-electron chi connectivity index (χ2n) is 7.48. The van der Waals surface area contributed by atoms with Gasteiger partial charge in [-0.1, -0.05) is 35.9 Å². The first-order valence-electron chi connectivity index (χ1n) is 9.96. The quantitative estimate of drug-likeness (QED) is 0.416. The average molecular weight is 472 g/mol. The maximum Gasteiger partial charge on any atom is 0.270 e. The molecular weight excluding hydrogens is 450 g/mol. The highest BCUT2D eigenvalue weighted by atomic mass is 32.2. The zero-order valence-electron chi connectivity index (χ0n) is 17.3. The Balaban J connectivity index is 1.48. The fourth-order valence-electron chi connectivity index (χ4n) is 3.62. The molecule has 0 atom stereocenters. The van der Waals surface area contributed by atoms with Crippen molar-refractivity contribution in [3.8, 4) is 11.1 Å². The fourth-order valence-corrected chi connectivity index (χ4v) is 5.96. The number of nitro groups is 1. The van der Waals surface area contributed by atoms with E-state index >= 15 is 0 Å². The molecule has 8 nitrogen and oxygen atoms in total. The average Bonchev–Trinajstić information content (AvgIpc) is 3.29. The van der Waals surface area contributed by atoms with E-state index in [1.54, 1.807) is 4.90 Å². The van der Waals surface area contributed by atoms with E-state index in [-0.39, 0.29) is 42.7 Å². The third-order valence-electron chi connectivity index (χ3n) is 5.41. The molecule has 10 heteroatoms. The summed E-state index contributed by atoms with van der Waals surface area (Å²) in [6, 6.07) is 14.9. The molecule has 1 amide bonds. The van der Waals surface area contributed by atoms with Gasteiger partial charge >= 0.3 is 0 Å². The van der Waals surface area contributed by atoms with Gasteiger partial charge in [-0.3, -0.25) is 14.9 Å². The Morgan fingerprint density at radius 3 is 2.38 bits per heavy atom. The standard InChI is InChI=1S/C22H21N3O5S2/c1-16-5-7-17(8-6-16)20-9-14-31-21(20)22(26)23-10-12-24(13-11-23)32(29,30)19-4-2-3-18(15-19)25(27)28/h2-9,14-15H,10-13H2,1H3. The number of thiophene rings is 1. The van der Waals surface area contributed by atoms with Gasteiger partial charge in [-0.25, -0.2) is 8.42 Å². The molecular formula is C22H21N3O5S2. The van der Waals surface area contributed by atoms with Crippen LogP contribution in [0.15, 0.2) is 64.9 Å². The van der Waals surface area contributed by atoms with Crippen molar-refractivity contribution in [1.82, 2.24) is 9.21 Å². The number of carbonyl (C=O) groups is 1. The number of non-ortho nitro benzene ring substituents is 1. The molecule has 166 valence electrons. The number of piperazine rings is 1. The summed E-state index contributed by atoms with van der Waals surface area (Å²) in [6.45, 7) is 2.76. The number of benzene rings is 2. The van der Waals surface area contributed by atoms with E-state index in [1.807, 2.05) is 42.6 Å². The molecule has 1 aromatic heterocycles. The smallest absolute Gasteiger partial charge is 0.270 e. The van der Waals surface area contributed by atoms with Crippen LogP contribution in [-0.2, 0) is 10.0 Å². The first-order chi connectivity index (χ1) is 15.3. The summed E-state index contributed by atoms with van der Waals surface area (Å²) in [4.78, 5) is 25.7. The van der Waals surface area contributed by atoms with Gasteiger partial charge in [0.05, 0.1) is 14.7 Å². The maximum absolute atomic E-state index is 13.2. The number of sulfonamides is 1. The number of rotatable bonds is 5. The molecule has 0 radical (unpaired) electrons. The zero-order valence-corrected chi connectivity index (χ0v) is 18.9. The lowest BCUT2D eigenvalue weighted by molar-refractivity contribution is -0.385.